The number of rotatable bonds is 3. The van der Waals surface area contributed by atoms with Crippen molar-refractivity contribution in [2.45, 2.75) is 19.3 Å². The van der Waals surface area contributed by atoms with Gasteiger partial charge in [0.1, 0.15) is 5.75 Å². The van der Waals surface area contributed by atoms with Crippen molar-refractivity contribution in [1.29, 1.82) is 0 Å². The number of ether oxygens (including phenoxy) is 1. The van der Waals surface area contributed by atoms with Crippen LogP contribution in [0.25, 0.3) is 5.57 Å². The van der Waals surface area contributed by atoms with Crippen molar-refractivity contribution in [2.75, 3.05) is 20.2 Å². The average Bonchev–Trinajstić information content (AvgIpc) is 2.52. The minimum atomic E-state index is 0.727. The molecule has 20 heavy (non-hydrogen) atoms. The Morgan fingerprint density at radius 1 is 1.20 bits per heavy atom. The smallest absolute Gasteiger partial charge is 0.126 e. The Kier molecular flexibility index (Phi) is 6.12. The quantitative estimate of drug-likeness (QED) is 0.838. The number of benzene rings is 1. The minimum absolute atomic E-state index is 0.727. The Bertz CT molecular complexity index is 500. The van der Waals surface area contributed by atoms with Crippen LogP contribution in [0.1, 0.15) is 24.8 Å². The molecule has 0 unspecified atom stereocenters. The summed E-state index contributed by atoms with van der Waals surface area (Å²) in [5.41, 5.74) is 2.55. The normalized spacial score (nSPS) is 20.6. The van der Waals surface area contributed by atoms with Crippen molar-refractivity contribution in [3.05, 3.63) is 60.2 Å². The van der Waals surface area contributed by atoms with Gasteiger partial charge < -0.3 is 10.1 Å². The van der Waals surface area contributed by atoms with Crippen LogP contribution in [-0.2, 0) is 0 Å². The van der Waals surface area contributed by atoms with Gasteiger partial charge in [-0.15, -0.1) is 0 Å². The Balaban J connectivity index is 2.28. The van der Waals surface area contributed by atoms with Gasteiger partial charge >= 0.3 is 0 Å². The Labute approximate surface area is 121 Å². The van der Waals surface area contributed by atoms with Crippen LogP contribution in [0.4, 0.5) is 0 Å². The molecule has 1 aromatic carbocycles. The fourth-order valence-electron chi connectivity index (χ4n) is 2.24. The second kappa shape index (κ2) is 8.39. The first-order chi connectivity index (χ1) is 9.92. The van der Waals surface area contributed by atoms with Crippen LogP contribution in [0.3, 0.4) is 0 Å². The predicted octanol–water partition coefficient (Wildman–Crippen LogP) is 3.96. The molecule has 1 aliphatic heterocycles. The van der Waals surface area contributed by atoms with E-state index in [1.807, 2.05) is 13.1 Å². The molecule has 1 aliphatic rings. The standard InChI is InChI=1S/C18H23NO/c1-19-14-9-11-16-10-5-3-2-4-8-15-20-18-13-7-6-12-17(16)18/h2-7,11-13,19H,8-10,14-15H2,1H3/b4-2-,5-3-,16-11-. The molecule has 1 heterocycles. The number of hydrogen-bond donors (Lipinski definition) is 1. The van der Waals surface area contributed by atoms with Crippen molar-refractivity contribution in [3.8, 4) is 5.75 Å². The van der Waals surface area contributed by atoms with Crippen LogP contribution >= 0.6 is 0 Å². The van der Waals surface area contributed by atoms with Gasteiger partial charge in [-0.05, 0) is 44.5 Å². The molecule has 1 N–H and O–H groups in total. The highest BCUT2D eigenvalue weighted by Gasteiger charge is 2.07. The molecule has 0 fully saturated rings. The molecular weight excluding hydrogens is 246 g/mol. The van der Waals surface area contributed by atoms with E-state index in [-0.39, 0.29) is 0 Å². The predicted molar refractivity (Wildman–Crippen MR) is 86.0 cm³/mol. The molecule has 0 spiro atoms. The lowest BCUT2D eigenvalue weighted by Gasteiger charge is -2.13. The summed E-state index contributed by atoms with van der Waals surface area (Å²) in [5.74, 6) is 0.993. The van der Waals surface area contributed by atoms with E-state index in [0.717, 1.165) is 38.2 Å². The van der Waals surface area contributed by atoms with E-state index in [9.17, 15) is 0 Å². The molecule has 2 rings (SSSR count). The lowest BCUT2D eigenvalue weighted by atomic mass is 10.00. The van der Waals surface area contributed by atoms with E-state index in [0.29, 0.717) is 0 Å². The van der Waals surface area contributed by atoms with Crippen LogP contribution < -0.4 is 10.1 Å². The van der Waals surface area contributed by atoms with Gasteiger partial charge in [0.05, 0.1) is 6.61 Å². The summed E-state index contributed by atoms with van der Waals surface area (Å²) in [6.45, 7) is 1.72. The number of fused-ring (bicyclic) bond motifs is 1. The highest BCUT2D eigenvalue weighted by molar-refractivity contribution is 5.71. The Morgan fingerprint density at radius 2 is 2.05 bits per heavy atom. The van der Waals surface area contributed by atoms with Gasteiger partial charge in [-0.2, -0.15) is 0 Å². The molecule has 0 atom stereocenters. The SMILES string of the molecule is CNCC/C=C1/C/C=C\C=C/CCOc2ccccc21. The summed E-state index contributed by atoms with van der Waals surface area (Å²) in [6.07, 6.45) is 13.8. The summed E-state index contributed by atoms with van der Waals surface area (Å²) in [6, 6.07) is 8.33. The van der Waals surface area contributed by atoms with E-state index < -0.39 is 0 Å². The van der Waals surface area contributed by atoms with Gasteiger partial charge in [-0.25, -0.2) is 0 Å². The minimum Gasteiger partial charge on any atom is -0.493 e. The number of nitrogens with one attached hydrogen (secondary N) is 1. The van der Waals surface area contributed by atoms with Gasteiger partial charge in [0.2, 0.25) is 0 Å². The maximum absolute atomic E-state index is 5.92. The van der Waals surface area contributed by atoms with Crippen molar-refractivity contribution in [2.24, 2.45) is 0 Å². The van der Waals surface area contributed by atoms with E-state index in [1.165, 1.54) is 11.1 Å². The molecule has 0 radical (unpaired) electrons. The number of para-hydroxylation sites is 1. The van der Waals surface area contributed by atoms with Gasteiger partial charge in [0.15, 0.2) is 0 Å². The van der Waals surface area contributed by atoms with Crippen LogP contribution in [0.5, 0.6) is 5.75 Å². The molecule has 0 saturated heterocycles. The zero-order valence-electron chi connectivity index (χ0n) is 12.1. The monoisotopic (exact) mass is 269 g/mol. The van der Waals surface area contributed by atoms with Crippen LogP contribution in [0.2, 0.25) is 0 Å². The Hall–Kier alpha value is -1.80. The second-order valence-corrected chi connectivity index (χ2v) is 4.82. The van der Waals surface area contributed by atoms with E-state index in [1.54, 1.807) is 0 Å². The van der Waals surface area contributed by atoms with Crippen molar-refractivity contribution in [1.82, 2.24) is 5.32 Å². The zero-order valence-corrected chi connectivity index (χ0v) is 12.1. The first-order valence-corrected chi connectivity index (χ1v) is 7.29. The Morgan fingerprint density at radius 3 is 2.95 bits per heavy atom. The van der Waals surface area contributed by atoms with Crippen LogP contribution in [0.15, 0.2) is 54.6 Å². The summed E-state index contributed by atoms with van der Waals surface area (Å²) < 4.78 is 5.92. The molecule has 2 heteroatoms. The molecular formula is C18H23NO. The fourth-order valence-corrected chi connectivity index (χ4v) is 2.24. The van der Waals surface area contributed by atoms with E-state index in [2.05, 4.69) is 53.9 Å². The third-order valence-corrected chi connectivity index (χ3v) is 3.28. The third kappa shape index (κ3) is 4.39. The highest BCUT2D eigenvalue weighted by atomic mass is 16.5. The van der Waals surface area contributed by atoms with Gasteiger partial charge in [-0.3, -0.25) is 0 Å². The maximum atomic E-state index is 5.92. The van der Waals surface area contributed by atoms with E-state index >= 15 is 0 Å². The van der Waals surface area contributed by atoms with Gasteiger partial charge in [-0.1, -0.05) is 48.6 Å². The largest absolute Gasteiger partial charge is 0.493 e. The number of allylic oxidation sites excluding steroid dienone is 4. The van der Waals surface area contributed by atoms with Crippen LogP contribution in [0, 0.1) is 0 Å². The summed E-state index contributed by atoms with van der Waals surface area (Å²) >= 11 is 0. The highest BCUT2D eigenvalue weighted by Crippen LogP contribution is 2.29. The van der Waals surface area contributed by atoms with Crippen molar-refractivity contribution >= 4 is 5.57 Å². The zero-order chi connectivity index (χ0) is 14.0. The summed E-state index contributed by atoms with van der Waals surface area (Å²) in [7, 11) is 1.98. The molecule has 0 saturated carbocycles. The molecule has 0 amide bonds. The molecule has 0 bridgehead atoms. The maximum Gasteiger partial charge on any atom is 0.126 e. The molecule has 1 aromatic rings. The topological polar surface area (TPSA) is 21.3 Å². The first kappa shape index (κ1) is 14.6. The second-order valence-electron chi connectivity index (χ2n) is 4.82. The van der Waals surface area contributed by atoms with Crippen molar-refractivity contribution in [3.63, 3.8) is 0 Å². The average molecular weight is 269 g/mol. The lowest BCUT2D eigenvalue weighted by molar-refractivity contribution is 0.324. The molecule has 0 aromatic heterocycles. The fraction of sp³-hybridized carbons (Fsp3) is 0.333. The molecule has 106 valence electrons. The van der Waals surface area contributed by atoms with Crippen LogP contribution in [-0.4, -0.2) is 20.2 Å². The van der Waals surface area contributed by atoms with Crippen molar-refractivity contribution < 1.29 is 4.74 Å². The molecule has 0 aliphatic carbocycles. The first-order valence-electron chi connectivity index (χ1n) is 7.29. The summed E-state index contributed by atoms with van der Waals surface area (Å²) in [4.78, 5) is 0. The van der Waals surface area contributed by atoms with Gasteiger partial charge in [0, 0.05) is 5.56 Å². The summed E-state index contributed by atoms with van der Waals surface area (Å²) in [5, 5.41) is 3.19. The molecule has 2 nitrogen and oxygen atoms in total. The number of hydrogen-bond acceptors (Lipinski definition) is 2. The lowest BCUT2D eigenvalue weighted by Crippen LogP contribution is -2.06. The third-order valence-electron chi connectivity index (χ3n) is 3.28. The van der Waals surface area contributed by atoms with E-state index in [4.69, 9.17) is 4.74 Å². The van der Waals surface area contributed by atoms with Gasteiger partial charge in [0.25, 0.3) is 0 Å².